The predicted molar refractivity (Wildman–Crippen MR) is 108 cm³/mol. The number of nitrogens with one attached hydrogen (secondary N) is 1. The van der Waals surface area contributed by atoms with Crippen LogP contribution in [0, 0.1) is 20.2 Å². The van der Waals surface area contributed by atoms with E-state index in [1.165, 1.54) is 24.3 Å². The van der Waals surface area contributed by atoms with E-state index in [4.69, 9.17) is 4.74 Å². The van der Waals surface area contributed by atoms with Crippen molar-refractivity contribution in [2.75, 3.05) is 5.43 Å². The topological polar surface area (TPSA) is 120 Å². The summed E-state index contributed by atoms with van der Waals surface area (Å²) in [5, 5.41) is 25.4. The summed E-state index contributed by atoms with van der Waals surface area (Å²) >= 11 is 0. The molecule has 3 aromatic carbocycles. The van der Waals surface area contributed by atoms with Crippen LogP contribution in [-0.4, -0.2) is 16.1 Å². The van der Waals surface area contributed by atoms with Crippen LogP contribution in [-0.2, 0) is 6.61 Å². The largest absolute Gasteiger partial charge is 0.489 e. The Balaban J connectivity index is 1.51. The first kappa shape index (κ1) is 19.5. The van der Waals surface area contributed by atoms with Gasteiger partial charge in [0.15, 0.2) is 0 Å². The molecular weight excluding hydrogens is 376 g/mol. The molecule has 0 heterocycles. The van der Waals surface area contributed by atoms with E-state index < -0.39 is 9.85 Å². The quantitative estimate of drug-likeness (QED) is 0.342. The first-order chi connectivity index (χ1) is 14.0. The number of nitrogens with zero attached hydrogens (tertiary/aromatic N) is 3. The van der Waals surface area contributed by atoms with E-state index in [2.05, 4.69) is 10.5 Å². The van der Waals surface area contributed by atoms with Crippen molar-refractivity contribution in [3.63, 3.8) is 0 Å². The monoisotopic (exact) mass is 392 g/mol. The molecule has 0 atom stereocenters. The van der Waals surface area contributed by atoms with Gasteiger partial charge in [-0.3, -0.25) is 25.7 Å². The van der Waals surface area contributed by atoms with Crippen molar-refractivity contribution in [3.05, 3.63) is 104 Å². The van der Waals surface area contributed by atoms with Gasteiger partial charge in [-0.25, -0.2) is 0 Å². The summed E-state index contributed by atoms with van der Waals surface area (Å²) in [5.74, 6) is 0.656. The maximum absolute atomic E-state index is 10.7. The molecule has 0 fully saturated rings. The average molecular weight is 392 g/mol. The van der Waals surface area contributed by atoms with Gasteiger partial charge < -0.3 is 4.74 Å². The Morgan fingerprint density at radius 2 is 1.38 bits per heavy atom. The molecular formula is C20H16N4O5. The van der Waals surface area contributed by atoms with Crippen molar-refractivity contribution < 1.29 is 14.6 Å². The first-order valence-electron chi connectivity index (χ1n) is 8.51. The predicted octanol–water partition coefficient (Wildman–Crippen LogP) is 4.53. The number of rotatable bonds is 8. The third-order valence-electron chi connectivity index (χ3n) is 3.92. The van der Waals surface area contributed by atoms with Crippen molar-refractivity contribution in [1.29, 1.82) is 0 Å². The summed E-state index contributed by atoms with van der Waals surface area (Å²) in [6.07, 6.45) is 1.61. The van der Waals surface area contributed by atoms with Crippen LogP contribution in [0.15, 0.2) is 77.9 Å². The zero-order valence-corrected chi connectivity index (χ0v) is 15.1. The smallest absolute Gasteiger partial charge is 0.269 e. The second-order valence-corrected chi connectivity index (χ2v) is 5.96. The van der Waals surface area contributed by atoms with Crippen LogP contribution in [0.1, 0.15) is 11.1 Å². The Bertz CT molecular complexity index is 1020. The standard InChI is InChI=1S/C20H16N4O5/c25-23(26)18-7-1-16(2-8-18)14-29-20-11-3-15(4-12-20)13-21-22-17-5-9-19(10-6-17)24(27)28/h1-13,22H,14H2/b21-13+. The van der Waals surface area contributed by atoms with Gasteiger partial charge in [-0.15, -0.1) is 0 Å². The molecule has 0 aliphatic rings. The lowest BCUT2D eigenvalue weighted by atomic mass is 10.2. The maximum atomic E-state index is 10.7. The molecule has 1 N–H and O–H groups in total. The molecule has 29 heavy (non-hydrogen) atoms. The van der Waals surface area contributed by atoms with E-state index in [9.17, 15) is 20.2 Å². The highest BCUT2D eigenvalue weighted by Gasteiger charge is 2.05. The van der Waals surface area contributed by atoms with E-state index in [1.807, 2.05) is 12.1 Å². The second-order valence-electron chi connectivity index (χ2n) is 5.96. The van der Waals surface area contributed by atoms with Crippen LogP contribution < -0.4 is 10.2 Å². The van der Waals surface area contributed by atoms with Gasteiger partial charge in [0.05, 0.1) is 21.7 Å². The van der Waals surface area contributed by atoms with Gasteiger partial charge in [0, 0.05) is 24.3 Å². The van der Waals surface area contributed by atoms with Crippen LogP contribution in [0.5, 0.6) is 5.75 Å². The Labute approximate surface area is 165 Å². The molecule has 0 saturated heterocycles. The van der Waals surface area contributed by atoms with Gasteiger partial charge in [-0.2, -0.15) is 5.10 Å². The maximum Gasteiger partial charge on any atom is 0.269 e. The number of hydrogen-bond acceptors (Lipinski definition) is 7. The molecule has 0 bridgehead atoms. The molecule has 0 aromatic heterocycles. The lowest BCUT2D eigenvalue weighted by molar-refractivity contribution is -0.385. The average Bonchev–Trinajstić information content (AvgIpc) is 2.74. The van der Waals surface area contributed by atoms with Gasteiger partial charge in [0.2, 0.25) is 0 Å². The fraction of sp³-hybridized carbons (Fsp3) is 0.0500. The number of benzene rings is 3. The molecule has 0 saturated carbocycles. The summed E-state index contributed by atoms with van der Waals surface area (Å²) in [6, 6.07) is 19.4. The highest BCUT2D eigenvalue weighted by Crippen LogP contribution is 2.17. The highest BCUT2D eigenvalue weighted by atomic mass is 16.6. The van der Waals surface area contributed by atoms with Crippen LogP contribution in [0.3, 0.4) is 0 Å². The van der Waals surface area contributed by atoms with Crippen LogP contribution in [0.25, 0.3) is 0 Å². The number of non-ortho nitro benzene ring substituents is 2. The number of nitro benzene ring substituents is 2. The van der Waals surface area contributed by atoms with Gasteiger partial charge >= 0.3 is 0 Å². The Hall–Kier alpha value is -4.27. The number of nitro groups is 2. The number of hydrazone groups is 1. The van der Waals surface area contributed by atoms with Crippen molar-refractivity contribution in [1.82, 2.24) is 0 Å². The third-order valence-corrected chi connectivity index (χ3v) is 3.92. The number of anilines is 1. The fourth-order valence-corrected chi connectivity index (χ4v) is 2.37. The van der Waals surface area contributed by atoms with Crippen LogP contribution in [0.4, 0.5) is 17.1 Å². The molecule has 0 radical (unpaired) electrons. The van der Waals surface area contributed by atoms with Crippen molar-refractivity contribution >= 4 is 23.3 Å². The summed E-state index contributed by atoms with van der Waals surface area (Å²) in [6.45, 7) is 0.299. The molecule has 0 unspecified atom stereocenters. The minimum absolute atomic E-state index is 0.0174. The molecule has 9 heteroatoms. The Morgan fingerprint density at radius 3 is 1.93 bits per heavy atom. The van der Waals surface area contributed by atoms with Crippen molar-refractivity contribution in [2.24, 2.45) is 5.10 Å². The zero-order chi connectivity index (χ0) is 20.6. The third kappa shape index (κ3) is 5.60. The van der Waals surface area contributed by atoms with Crippen LogP contribution in [0.2, 0.25) is 0 Å². The molecule has 0 spiro atoms. The Kier molecular flexibility index (Phi) is 6.11. The van der Waals surface area contributed by atoms with Crippen molar-refractivity contribution in [3.8, 4) is 5.75 Å². The molecule has 0 aliphatic heterocycles. The van der Waals surface area contributed by atoms with Gasteiger partial charge in [-0.05, 0) is 59.7 Å². The molecule has 0 aliphatic carbocycles. The van der Waals surface area contributed by atoms with Crippen molar-refractivity contribution in [2.45, 2.75) is 6.61 Å². The zero-order valence-electron chi connectivity index (χ0n) is 15.1. The first-order valence-corrected chi connectivity index (χ1v) is 8.51. The van der Waals surface area contributed by atoms with E-state index in [0.717, 1.165) is 11.1 Å². The summed E-state index contributed by atoms with van der Waals surface area (Å²) in [5.41, 5.74) is 5.16. The normalized spacial score (nSPS) is 10.6. The summed E-state index contributed by atoms with van der Waals surface area (Å²) in [4.78, 5) is 20.4. The summed E-state index contributed by atoms with van der Waals surface area (Å²) in [7, 11) is 0. The molecule has 9 nitrogen and oxygen atoms in total. The lowest BCUT2D eigenvalue weighted by Gasteiger charge is -2.06. The molecule has 146 valence electrons. The van der Waals surface area contributed by atoms with E-state index in [0.29, 0.717) is 18.0 Å². The molecule has 3 aromatic rings. The lowest BCUT2D eigenvalue weighted by Crippen LogP contribution is -1.96. The van der Waals surface area contributed by atoms with E-state index in [1.54, 1.807) is 42.6 Å². The van der Waals surface area contributed by atoms with E-state index >= 15 is 0 Å². The minimum atomic E-state index is -0.460. The number of ether oxygens (including phenoxy) is 1. The minimum Gasteiger partial charge on any atom is -0.489 e. The van der Waals surface area contributed by atoms with Crippen LogP contribution >= 0.6 is 0 Å². The van der Waals surface area contributed by atoms with Gasteiger partial charge in [-0.1, -0.05) is 0 Å². The molecule has 3 rings (SSSR count). The molecule has 0 amide bonds. The summed E-state index contributed by atoms with van der Waals surface area (Å²) < 4.78 is 5.67. The SMILES string of the molecule is O=[N+]([O-])c1ccc(COc2ccc(/C=N/Nc3ccc([N+](=O)[O-])cc3)cc2)cc1. The van der Waals surface area contributed by atoms with Gasteiger partial charge in [0.25, 0.3) is 11.4 Å². The Morgan fingerprint density at radius 1 is 0.828 bits per heavy atom. The highest BCUT2D eigenvalue weighted by molar-refractivity contribution is 5.80. The second kappa shape index (κ2) is 9.09. The fourth-order valence-electron chi connectivity index (χ4n) is 2.37. The van der Waals surface area contributed by atoms with Gasteiger partial charge in [0.1, 0.15) is 12.4 Å². The van der Waals surface area contributed by atoms with E-state index in [-0.39, 0.29) is 11.4 Å². The number of hydrogen-bond donors (Lipinski definition) is 1.